The van der Waals surface area contributed by atoms with Crippen LogP contribution in [0.5, 0.6) is 0 Å². The van der Waals surface area contributed by atoms with E-state index < -0.39 is 11.6 Å². The summed E-state index contributed by atoms with van der Waals surface area (Å²) in [4.78, 5) is 13.4. The molecule has 94 valence electrons. The third kappa shape index (κ3) is 3.60. The average molecular weight is 354 g/mol. The second-order valence-corrected chi connectivity index (χ2v) is 4.74. The van der Waals surface area contributed by atoms with Gasteiger partial charge in [-0.25, -0.2) is 8.78 Å². The van der Waals surface area contributed by atoms with E-state index in [1.807, 2.05) is 22.6 Å². The fourth-order valence-electron chi connectivity index (χ4n) is 1.27. The molecule has 0 aliphatic carbocycles. The molecule has 1 rings (SSSR count). The first-order valence-electron chi connectivity index (χ1n) is 5.02. The maximum absolute atomic E-state index is 13.1. The van der Waals surface area contributed by atoms with Gasteiger partial charge >= 0.3 is 0 Å². The Hall–Kier alpha value is -0.760. The largest absolute Gasteiger partial charge is 0.340 e. The van der Waals surface area contributed by atoms with Crippen LogP contribution in [0.15, 0.2) is 12.1 Å². The normalized spacial score (nSPS) is 10.4. The summed E-state index contributed by atoms with van der Waals surface area (Å²) < 4.78 is 26.4. The summed E-state index contributed by atoms with van der Waals surface area (Å²) in [5, 5.41) is 2.91. The monoisotopic (exact) mass is 354 g/mol. The molecule has 0 aliphatic heterocycles. The zero-order valence-electron chi connectivity index (χ0n) is 9.56. The van der Waals surface area contributed by atoms with Crippen molar-refractivity contribution in [2.75, 3.05) is 27.2 Å². The number of benzene rings is 1. The molecule has 0 radical (unpaired) electrons. The molecule has 1 amide bonds. The Balaban J connectivity index is 2.92. The fourth-order valence-corrected chi connectivity index (χ4v) is 1.93. The van der Waals surface area contributed by atoms with Crippen LogP contribution in [0.3, 0.4) is 0 Å². The van der Waals surface area contributed by atoms with Crippen LogP contribution in [0.1, 0.15) is 10.4 Å². The Morgan fingerprint density at radius 2 is 2.00 bits per heavy atom. The smallest absolute Gasteiger partial charge is 0.254 e. The maximum Gasteiger partial charge on any atom is 0.254 e. The minimum Gasteiger partial charge on any atom is -0.340 e. The van der Waals surface area contributed by atoms with Crippen molar-refractivity contribution in [3.05, 3.63) is 32.9 Å². The first kappa shape index (κ1) is 14.3. The Labute approximate surface area is 112 Å². The van der Waals surface area contributed by atoms with E-state index in [4.69, 9.17) is 0 Å². The molecule has 1 aromatic rings. The van der Waals surface area contributed by atoms with E-state index in [1.54, 1.807) is 14.1 Å². The third-order valence-electron chi connectivity index (χ3n) is 2.28. The highest BCUT2D eigenvalue weighted by molar-refractivity contribution is 14.1. The number of hydrogen-bond acceptors (Lipinski definition) is 2. The third-order valence-corrected chi connectivity index (χ3v) is 3.18. The highest BCUT2D eigenvalue weighted by Crippen LogP contribution is 2.18. The zero-order valence-corrected chi connectivity index (χ0v) is 11.7. The molecule has 1 N–H and O–H groups in total. The first-order valence-corrected chi connectivity index (χ1v) is 6.10. The summed E-state index contributed by atoms with van der Waals surface area (Å²) in [6.45, 7) is 1.15. The van der Waals surface area contributed by atoms with E-state index >= 15 is 0 Å². The molecule has 0 fully saturated rings. The average Bonchev–Trinajstić information content (AvgIpc) is 2.29. The molecule has 0 saturated heterocycles. The lowest BCUT2D eigenvalue weighted by atomic mass is 10.2. The number of halogens is 3. The number of hydrogen-bond donors (Lipinski definition) is 1. The van der Waals surface area contributed by atoms with Crippen LogP contribution in [0.25, 0.3) is 0 Å². The highest BCUT2D eigenvalue weighted by atomic mass is 127. The summed E-state index contributed by atoms with van der Waals surface area (Å²) in [6.07, 6.45) is 0. The molecule has 0 aliphatic rings. The van der Waals surface area contributed by atoms with Crippen molar-refractivity contribution in [2.45, 2.75) is 0 Å². The van der Waals surface area contributed by atoms with Gasteiger partial charge in [0.15, 0.2) is 11.6 Å². The van der Waals surface area contributed by atoms with Gasteiger partial charge in [-0.3, -0.25) is 4.79 Å². The summed E-state index contributed by atoms with van der Waals surface area (Å²) >= 11 is 1.82. The highest BCUT2D eigenvalue weighted by Gasteiger charge is 2.17. The molecular formula is C11H13F2IN2O. The van der Waals surface area contributed by atoms with Crippen LogP contribution in [-0.2, 0) is 0 Å². The van der Waals surface area contributed by atoms with E-state index in [9.17, 15) is 13.6 Å². The minimum absolute atomic E-state index is 0.183. The van der Waals surface area contributed by atoms with Crippen LogP contribution in [0.2, 0.25) is 0 Å². The van der Waals surface area contributed by atoms with Gasteiger partial charge in [0.25, 0.3) is 5.91 Å². The number of carbonyl (C=O) groups is 1. The predicted molar refractivity (Wildman–Crippen MR) is 70.0 cm³/mol. The lowest BCUT2D eigenvalue weighted by Gasteiger charge is -2.17. The predicted octanol–water partition coefficient (Wildman–Crippen LogP) is 1.86. The van der Waals surface area contributed by atoms with Crippen molar-refractivity contribution in [1.29, 1.82) is 0 Å². The second kappa shape index (κ2) is 6.25. The molecule has 0 heterocycles. The van der Waals surface area contributed by atoms with Gasteiger partial charge in [0, 0.05) is 23.7 Å². The maximum atomic E-state index is 13.1. The summed E-state index contributed by atoms with van der Waals surface area (Å²) in [5.41, 5.74) is 0.183. The summed E-state index contributed by atoms with van der Waals surface area (Å²) in [5.74, 6) is -2.26. The van der Waals surface area contributed by atoms with Crippen LogP contribution in [0, 0.1) is 15.2 Å². The molecule has 0 saturated carbocycles. The Morgan fingerprint density at radius 3 is 2.59 bits per heavy atom. The molecule has 0 bridgehead atoms. The van der Waals surface area contributed by atoms with E-state index in [-0.39, 0.29) is 11.5 Å². The molecule has 1 aromatic carbocycles. The Kier molecular flexibility index (Phi) is 5.26. The summed E-state index contributed by atoms with van der Waals surface area (Å²) in [7, 11) is 3.40. The number of nitrogens with zero attached hydrogens (tertiary/aromatic N) is 1. The number of carbonyl (C=O) groups excluding carboxylic acids is 1. The van der Waals surface area contributed by atoms with Gasteiger partial charge in [-0.1, -0.05) is 0 Å². The number of rotatable bonds is 4. The topological polar surface area (TPSA) is 32.3 Å². The lowest BCUT2D eigenvalue weighted by molar-refractivity contribution is 0.0795. The Bertz CT molecular complexity index is 426. The van der Waals surface area contributed by atoms with Gasteiger partial charge in [-0.05, 0) is 41.8 Å². The minimum atomic E-state index is -1.00. The van der Waals surface area contributed by atoms with Gasteiger partial charge in [0.05, 0.1) is 5.56 Å². The first-order chi connectivity index (χ1) is 7.97. The molecule has 3 nitrogen and oxygen atoms in total. The quantitative estimate of drug-likeness (QED) is 0.661. The van der Waals surface area contributed by atoms with E-state index in [0.717, 1.165) is 12.1 Å². The summed E-state index contributed by atoms with van der Waals surface area (Å²) in [6, 6.07) is 1.96. The van der Waals surface area contributed by atoms with Crippen molar-refractivity contribution in [1.82, 2.24) is 10.2 Å². The van der Waals surface area contributed by atoms with E-state index in [1.165, 1.54) is 4.90 Å². The van der Waals surface area contributed by atoms with E-state index in [0.29, 0.717) is 16.7 Å². The van der Waals surface area contributed by atoms with Crippen LogP contribution in [0.4, 0.5) is 8.78 Å². The molecule has 0 unspecified atom stereocenters. The standard InChI is InChI=1S/C11H13F2IN2O/c1-15-3-4-16(2)11(17)7-5-8(12)9(13)6-10(7)14/h5-6,15H,3-4H2,1-2H3. The van der Waals surface area contributed by atoms with Crippen LogP contribution < -0.4 is 5.32 Å². The number of likely N-dealkylation sites (N-methyl/N-ethyl adjacent to an activating group) is 2. The number of nitrogens with one attached hydrogen (secondary N) is 1. The van der Waals surface area contributed by atoms with Gasteiger partial charge in [0.2, 0.25) is 0 Å². The van der Waals surface area contributed by atoms with Crippen molar-refractivity contribution >= 4 is 28.5 Å². The zero-order chi connectivity index (χ0) is 13.0. The molecular weight excluding hydrogens is 341 g/mol. The fraction of sp³-hybridized carbons (Fsp3) is 0.364. The van der Waals surface area contributed by atoms with Crippen molar-refractivity contribution in [3.8, 4) is 0 Å². The van der Waals surface area contributed by atoms with E-state index in [2.05, 4.69) is 5.32 Å². The lowest BCUT2D eigenvalue weighted by Crippen LogP contribution is -2.33. The molecule has 6 heteroatoms. The molecule has 17 heavy (non-hydrogen) atoms. The number of amides is 1. The van der Waals surface area contributed by atoms with Gasteiger partial charge in [0.1, 0.15) is 0 Å². The van der Waals surface area contributed by atoms with Crippen LogP contribution in [-0.4, -0.2) is 38.0 Å². The second-order valence-electron chi connectivity index (χ2n) is 3.58. The van der Waals surface area contributed by atoms with Gasteiger partial charge in [-0.2, -0.15) is 0 Å². The van der Waals surface area contributed by atoms with Crippen molar-refractivity contribution in [3.63, 3.8) is 0 Å². The SMILES string of the molecule is CNCCN(C)C(=O)c1cc(F)c(F)cc1I. The van der Waals surface area contributed by atoms with Crippen molar-refractivity contribution in [2.24, 2.45) is 0 Å². The Morgan fingerprint density at radius 1 is 1.41 bits per heavy atom. The van der Waals surface area contributed by atoms with Crippen molar-refractivity contribution < 1.29 is 13.6 Å². The van der Waals surface area contributed by atoms with Crippen LogP contribution >= 0.6 is 22.6 Å². The molecule has 0 spiro atoms. The van der Waals surface area contributed by atoms with Gasteiger partial charge in [-0.15, -0.1) is 0 Å². The molecule has 0 aromatic heterocycles. The van der Waals surface area contributed by atoms with Gasteiger partial charge < -0.3 is 10.2 Å². The molecule has 0 atom stereocenters.